The standard InChI is InChI=1S/C17H15N3O4S/c1-12-6-5-7-13(10-12)17(21)24-16-11-15(18)20(19-16)25(22,23)14-8-3-2-4-9-14/h2-11H,18H2,1H3. The van der Waals surface area contributed by atoms with Crippen molar-refractivity contribution < 1.29 is 17.9 Å². The fourth-order valence-corrected chi connectivity index (χ4v) is 3.44. The van der Waals surface area contributed by atoms with Crippen LogP contribution in [0.1, 0.15) is 15.9 Å². The molecule has 0 fully saturated rings. The zero-order valence-electron chi connectivity index (χ0n) is 13.3. The molecule has 25 heavy (non-hydrogen) atoms. The summed E-state index contributed by atoms with van der Waals surface area (Å²) in [6, 6.07) is 15.7. The van der Waals surface area contributed by atoms with E-state index in [4.69, 9.17) is 10.5 Å². The summed E-state index contributed by atoms with van der Waals surface area (Å²) in [6.45, 7) is 1.84. The van der Waals surface area contributed by atoms with E-state index >= 15 is 0 Å². The number of esters is 1. The van der Waals surface area contributed by atoms with Crippen LogP contribution in [0.4, 0.5) is 5.82 Å². The average Bonchev–Trinajstić information content (AvgIpc) is 2.96. The van der Waals surface area contributed by atoms with Crippen LogP contribution in [0.2, 0.25) is 0 Å². The lowest BCUT2D eigenvalue weighted by molar-refractivity contribution is 0.0727. The first-order chi connectivity index (χ1) is 11.9. The molecule has 3 aromatic rings. The van der Waals surface area contributed by atoms with Gasteiger partial charge in [0.05, 0.1) is 10.5 Å². The molecule has 3 rings (SSSR count). The fourth-order valence-electron chi connectivity index (χ4n) is 2.22. The van der Waals surface area contributed by atoms with E-state index in [0.717, 1.165) is 5.56 Å². The number of anilines is 1. The Bertz CT molecular complexity index is 1030. The second-order valence-corrected chi connectivity index (χ2v) is 7.09. The van der Waals surface area contributed by atoms with Crippen molar-refractivity contribution >= 4 is 21.8 Å². The van der Waals surface area contributed by atoms with Crippen molar-refractivity contribution in [2.75, 3.05) is 5.73 Å². The molecule has 0 amide bonds. The monoisotopic (exact) mass is 357 g/mol. The Morgan fingerprint density at radius 3 is 2.48 bits per heavy atom. The highest BCUT2D eigenvalue weighted by Gasteiger charge is 2.23. The Morgan fingerprint density at radius 1 is 1.08 bits per heavy atom. The molecule has 2 N–H and O–H groups in total. The van der Waals surface area contributed by atoms with Crippen LogP contribution in [0.25, 0.3) is 0 Å². The number of ether oxygens (including phenoxy) is 1. The number of hydrogen-bond donors (Lipinski definition) is 1. The SMILES string of the molecule is Cc1cccc(C(=O)Oc2cc(N)n(S(=O)(=O)c3ccccc3)n2)c1. The Morgan fingerprint density at radius 2 is 1.80 bits per heavy atom. The number of nitrogens with zero attached hydrogens (tertiary/aromatic N) is 2. The quantitative estimate of drug-likeness (QED) is 0.718. The minimum atomic E-state index is -3.97. The fraction of sp³-hybridized carbons (Fsp3) is 0.0588. The third-order valence-electron chi connectivity index (χ3n) is 3.40. The first kappa shape index (κ1) is 16.7. The summed E-state index contributed by atoms with van der Waals surface area (Å²) >= 11 is 0. The molecule has 0 aliphatic heterocycles. The van der Waals surface area contributed by atoms with Crippen molar-refractivity contribution in [3.8, 4) is 5.88 Å². The van der Waals surface area contributed by atoms with E-state index in [-0.39, 0.29) is 16.6 Å². The maximum absolute atomic E-state index is 12.5. The lowest BCUT2D eigenvalue weighted by Gasteiger charge is -2.05. The third kappa shape index (κ3) is 3.38. The number of benzene rings is 2. The number of nitrogen functional groups attached to an aromatic ring is 1. The van der Waals surface area contributed by atoms with Gasteiger partial charge in [0.1, 0.15) is 5.82 Å². The summed E-state index contributed by atoms with van der Waals surface area (Å²) in [5.74, 6) is -0.995. The normalized spacial score (nSPS) is 11.2. The molecule has 0 saturated carbocycles. The van der Waals surface area contributed by atoms with Crippen LogP contribution in [-0.2, 0) is 10.0 Å². The number of carbonyl (C=O) groups excluding carboxylic acids is 1. The number of aryl methyl sites for hydroxylation is 1. The summed E-state index contributed by atoms with van der Waals surface area (Å²) in [7, 11) is -3.97. The van der Waals surface area contributed by atoms with Crippen molar-refractivity contribution in [3.63, 3.8) is 0 Å². The number of hydrogen-bond acceptors (Lipinski definition) is 6. The van der Waals surface area contributed by atoms with Crippen LogP contribution in [0, 0.1) is 6.92 Å². The summed E-state index contributed by atoms with van der Waals surface area (Å²) in [5.41, 5.74) is 6.96. The van der Waals surface area contributed by atoms with E-state index in [0.29, 0.717) is 9.65 Å². The minimum absolute atomic E-state index is 0.0290. The number of aromatic nitrogens is 2. The van der Waals surface area contributed by atoms with Crippen molar-refractivity contribution in [3.05, 3.63) is 71.8 Å². The molecule has 1 aromatic heterocycles. The first-order valence-electron chi connectivity index (χ1n) is 7.33. The molecule has 0 atom stereocenters. The topological polar surface area (TPSA) is 104 Å². The van der Waals surface area contributed by atoms with Crippen LogP contribution in [0.15, 0.2) is 65.6 Å². The molecule has 0 radical (unpaired) electrons. The van der Waals surface area contributed by atoms with E-state index < -0.39 is 16.0 Å². The molecule has 0 unspecified atom stereocenters. The van der Waals surface area contributed by atoms with Gasteiger partial charge in [0.2, 0.25) is 5.88 Å². The molecule has 0 saturated heterocycles. The van der Waals surface area contributed by atoms with Crippen LogP contribution < -0.4 is 10.5 Å². The van der Waals surface area contributed by atoms with Crippen molar-refractivity contribution in [2.45, 2.75) is 11.8 Å². The average molecular weight is 357 g/mol. The lowest BCUT2D eigenvalue weighted by atomic mass is 10.1. The predicted octanol–water partition coefficient (Wildman–Crippen LogP) is 2.23. The van der Waals surface area contributed by atoms with Gasteiger partial charge in [-0.3, -0.25) is 0 Å². The van der Waals surface area contributed by atoms with Crippen LogP contribution >= 0.6 is 0 Å². The van der Waals surface area contributed by atoms with Crippen molar-refractivity contribution in [2.24, 2.45) is 0 Å². The molecule has 0 bridgehead atoms. The van der Waals surface area contributed by atoms with Gasteiger partial charge in [0.15, 0.2) is 0 Å². The van der Waals surface area contributed by atoms with Gasteiger partial charge in [-0.15, -0.1) is 9.19 Å². The highest BCUT2D eigenvalue weighted by atomic mass is 32.2. The van der Waals surface area contributed by atoms with Gasteiger partial charge in [-0.05, 0) is 31.2 Å². The molecule has 128 valence electrons. The van der Waals surface area contributed by atoms with E-state index in [1.54, 1.807) is 36.4 Å². The molecular formula is C17H15N3O4S. The molecule has 7 nitrogen and oxygen atoms in total. The third-order valence-corrected chi connectivity index (χ3v) is 5.02. The Labute approximate surface area is 144 Å². The van der Waals surface area contributed by atoms with Gasteiger partial charge in [-0.2, -0.15) is 8.42 Å². The van der Waals surface area contributed by atoms with E-state index in [1.807, 2.05) is 13.0 Å². The zero-order valence-corrected chi connectivity index (χ0v) is 14.1. The Kier molecular flexibility index (Phi) is 4.28. The van der Waals surface area contributed by atoms with Crippen molar-refractivity contribution in [1.82, 2.24) is 9.19 Å². The number of carbonyl (C=O) groups is 1. The maximum Gasteiger partial charge on any atom is 0.344 e. The first-order valence-corrected chi connectivity index (χ1v) is 8.77. The highest BCUT2D eigenvalue weighted by molar-refractivity contribution is 7.90. The van der Waals surface area contributed by atoms with Gasteiger partial charge >= 0.3 is 5.97 Å². The lowest BCUT2D eigenvalue weighted by Crippen LogP contribution is -2.17. The van der Waals surface area contributed by atoms with Crippen LogP contribution in [-0.4, -0.2) is 23.6 Å². The van der Waals surface area contributed by atoms with Gasteiger partial charge in [0, 0.05) is 6.07 Å². The van der Waals surface area contributed by atoms with E-state index in [2.05, 4.69) is 5.10 Å². The summed E-state index contributed by atoms with van der Waals surface area (Å²) in [4.78, 5) is 12.2. The predicted molar refractivity (Wildman–Crippen MR) is 91.8 cm³/mol. The second-order valence-electron chi connectivity index (χ2n) is 5.33. The smallest absolute Gasteiger partial charge is 0.344 e. The zero-order chi connectivity index (χ0) is 18.0. The van der Waals surface area contributed by atoms with Crippen LogP contribution in [0.3, 0.4) is 0 Å². The summed E-state index contributed by atoms with van der Waals surface area (Å²) in [5, 5.41) is 3.81. The van der Waals surface area contributed by atoms with Gasteiger partial charge in [-0.1, -0.05) is 35.9 Å². The Hall–Kier alpha value is -3.13. The van der Waals surface area contributed by atoms with Gasteiger partial charge in [-0.25, -0.2) is 4.79 Å². The van der Waals surface area contributed by atoms with Crippen molar-refractivity contribution in [1.29, 1.82) is 0 Å². The summed E-state index contributed by atoms with van der Waals surface area (Å²) in [6.07, 6.45) is 0. The maximum atomic E-state index is 12.5. The van der Waals surface area contributed by atoms with Gasteiger partial charge < -0.3 is 10.5 Å². The molecule has 0 aliphatic rings. The minimum Gasteiger partial charge on any atom is -0.402 e. The molecule has 2 aromatic carbocycles. The Balaban J connectivity index is 1.89. The number of nitrogens with two attached hydrogens (primary N) is 1. The molecule has 1 heterocycles. The molecular weight excluding hydrogens is 342 g/mol. The molecule has 8 heteroatoms. The van der Waals surface area contributed by atoms with E-state index in [1.165, 1.54) is 18.2 Å². The summed E-state index contributed by atoms with van der Waals surface area (Å²) < 4.78 is 30.9. The largest absolute Gasteiger partial charge is 0.402 e. The van der Waals surface area contributed by atoms with Gasteiger partial charge in [0.25, 0.3) is 10.0 Å². The second kappa shape index (κ2) is 6.40. The molecule has 0 spiro atoms. The number of rotatable bonds is 4. The van der Waals surface area contributed by atoms with E-state index in [9.17, 15) is 13.2 Å². The molecule has 0 aliphatic carbocycles. The van der Waals surface area contributed by atoms with Crippen LogP contribution in [0.5, 0.6) is 5.88 Å². The highest BCUT2D eigenvalue weighted by Crippen LogP contribution is 2.21.